The van der Waals surface area contributed by atoms with E-state index in [0.717, 1.165) is 16.3 Å². The van der Waals surface area contributed by atoms with Crippen molar-refractivity contribution in [1.29, 1.82) is 0 Å². The molecule has 4 N–H and O–H groups in total. The van der Waals surface area contributed by atoms with Gasteiger partial charge in [-0.05, 0) is 43.3 Å². The number of aromatic nitrogens is 3. The maximum absolute atomic E-state index is 11.1. The average molecular weight is 380 g/mol. The smallest absolute Gasteiger partial charge is 0.232 e. The van der Waals surface area contributed by atoms with E-state index >= 15 is 0 Å². The first-order chi connectivity index (χ1) is 13.0. The molecule has 0 aliphatic rings. The van der Waals surface area contributed by atoms with Gasteiger partial charge in [0.05, 0.1) is 5.75 Å². The molecule has 0 saturated carbocycles. The molecular weight excluding hydrogens is 360 g/mol. The maximum atomic E-state index is 11.1. The highest BCUT2D eigenvalue weighted by Gasteiger charge is 2.06. The van der Waals surface area contributed by atoms with E-state index in [4.69, 9.17) is 5.73 Å². The van der Waals surface area contributed by atoms with Gasteiger partial charge in [-0.1, -0.05) is 17.7 Å². The van der Waals surface area contributed by atoms with Crippen LogP contribution in [0.15, 0.2) is 53.4 Å². The zero-order valence-corrected chi connectivity index (χ0v) is 15.9. The van der Waals surface area contributed by atoms with Crippen molar-refractivity contribution in [2.75, 3.05) is 16.4 Å². The Hall–Kier alpha value is -3.13. The third-order valence-electron chi connectivity index (χ3n) is 3.55. The minimum absolute atomic E-state index is 0.0929. The Morgan fingerprint density at radius 2 is 1.67 bits per heavy atom. The second kappa shape index (κ2) is 8.50. The van der Waals surface area contributed by atoms with E-state index in [1.807, 2.05) is 55.5 Å². The standard InChI is InChI=1S/C19H20N6OS/c1-12-3-5-15(6-4-12)22-19-24-17(23-18(20)25-19)11-27-16-9-7-14(8-10-16)21-13(2)26/h3-10H,11H2,1-2H3,(H,21,26)(H3,20,22,23,24,25). The van der Waals surface area contributed by atoms with Gasteiger partial charge in [-0.2, -0.15) is 15.0 Å². The molecular formula is C19H20N6OS. The van der Waals surface area contributed by atoms with Gasteiger partial charge in [0.2, 0.25) is 17.8 Å². The number of carbonyl (C=O) groups is 1. The summed E-state index contributed by atoms with van der Waals surface area (Å²) in [5.41, 5.74) is 8.65. The van der Waals surface area contributed by atoms with Gasteiger partial charge in [0, 0.05) is 23.2 Å². The second-order valence-electron chi connectivity index (χ2n) is 5.92. The predicted octanol–water partition coefficient (Wildman–Crippen LogP) is 3.76. The fraction of sp³-hybridized carbons (Fsp3) is 0.158. The fourth-order valence-electron chi connectivity index (χ4n) is 2.31. The first-order valence-electron chi connectivity index (χ1n) is 8.32. The van der Waals surface area contributed by atoms with E-state index in [2.05, 4.69) is 25.6 Å². The summed E-state index contributed by atoms with van der Waals surface area (Å²) in [6.45, 7) is 3.51. The maximum Gasteiger partial charge on any atom is 0.232 e. The topological polar surface area (TPSA) is 106 Å². The highest BCUT2D eigenvalue weighted by atomic mass is 32.2. The zero-order chi connectivity index (χ0) is 19.2. The number of hydrogen-bond acceptors (Lipinski definition) is 7. The third kappa shape index (κ3) is 5.68. The molecule has 0 radical (unpaired) electrons. The molecule has 0 unspecified atom stereocenters. The molecule has 0 bridgehead atoms. The van der Waals surface area contributed by atoms with Crippen molar-refractivity contribution in [3.05, 3.63) is 59.9 Å². The summed E-state index contributed by atoms with van der Waals surface area (Å²) in [7, 11) is 0. The van der Waals surface area contributed by atoms with Crippen LogP contribution in [0.4, 0.5) is 23.3 Å². The van der Waals surface area contributed by atoms with E-state index in [1.54, 1.807) is 11.8 Å². The van der Waals surface area contributed by atoms with Gasteiger partial charge in [-0.3, -0.25) is 4.79 Å². The lowest BCUT2D eigenvalue weighted by Crippen LogP contribution is -2.06. The van der Waals surface area contributed by atoms with Crippen molar-refractivity contribution < 1.29 is 4.79 Å². The highest BCUT2D eigenvalue weighted by Crippen LogP contribution is 2.24. The second-order valence-corrected chi connectivity index (χ2v) is 6.97. The molecule has 0 saturated heterocycles. The molecule has 0 atom stereocenters. The molecule has 138 valence electrons. The predicted molar refractivity (Wildman–Crippen MR) is 109 cm³/mol. The lowest BCUT2D eigenvalue weighted by atomic mass is 10.2. The van der Waals surface area contributed by atoms with Crippen molar-refractivity contribution in [2.45, 2.75) is 24.5 Å². The molecule has 2 aromatic carbocycles. The Labute approximate surface area is 161 Å². The molecule has 3 aromatic rings. The molecule has 7 nitrogen and oxygen atoms in total. The largest absolute Gasteiger partial charge is 0.368 e. The van der Waals surface area contributed by atoms with Crippen LogP contribution in [0.2, 0.25) is 0 Å². The number of carbonyl (C=O) groups excluding carboxylic acids is 1. The number of nitrogen functional groups attached to an aromatic ring is 1. The Morgan fingerprint density at radius 1 is 1.00 bits per heavy atom. The summed E-state index contributed by atoms with van der Waals surface area (Å²) in [5, 5.41) is 5.89. The zero-order valence-electron chi connectivity index (χ0n) is 15.1. The van der Waals surface area contributed by atoms with Crippen molar-refractivity contribution in [3.8, 4) is 0 Å². The van der Waals surface area contributed by atoms with Crippen LogP contribution < -0.4 is 16.4 Å². The van der Waals surface area contributed by atoms with E-state index < -0.39 is 0 Å². The van der Waals surface area contributed by atoms with E-state index in [0.29, 0.717) is 17.5 Å². The quantitative estimate of drug-likeness (QED) is 0.559. The van der Waals surface area contributed by atoms with E-state index in [9.17, 15) is 4.79 Å². The third-order valence-corrected chi connectivity index (χ3v) is 4.56. The lowest BCUT2D eigenvalue weighted by molar-refractivity contribution is -0.114. The van der Waals surface area contributed by atoms with Gasteiger partial charge in [0.15, 0.2) is 0 Å². The Morgan fingerprint density at radius 3 is 2.33 bits per heavy atom. The van der Waals surface area contributed by atoms with Crippen molar-refractivity contribution in [3.63, 3.8) is 0 Å². The van der Waals surface area contributed by atoms with Crippen LogP contribution in [0.5, 0.6) is 0 Å². The summed E-state index contributed by atoms with van der Waals surface area (Å²) in [6, 6.07) is 15.5. The van der Waals surface area contributed by atoms with Gasteiger partial charge < -0.3 is 16.4 Å². The normalized spacial score (nSPS) is 10.4. The summed E-state index contributed by atoms with van der Waals surface area (Å²) in [5.74, 6) is 1.64. The van der Waals surface area contributed by atoms with Gasteiger partial charge in [0.1, 0.15) is 5.82 Å². The minimum atomic E-state index is -0.0929. The number of thioether (sulfide) groups is 1. The molecule has 3 rings (SSSR count). The molecule has 1 amide bonds. The molecule has 0 spiro atoms. The molecule has 1 aromatic heterocycles. The number of nitrogens with two attached hydrogens (primary N) is 1. The van der Waals surface area contributed by atoms with Crippen LogP contribution in [0.3, 0.4) is 0 Å². The molecule has 8 heteroatoms. The van der Waals surface area contributed by atoms with Gasteiger partial charge in [0.25, 0.3) is 0 Å². The average Bonchev–Trinajstić information content (AvgIpc) is 2.62. The summed E-state index contributed by atoms with van der Waals surface area (Å²) in [4.78, 5) is 24.9. The summed E-state index contributed by atoms with van der Waals surface area (Å²) in [6.07, 6.45) is 0. The summed E-state index contributed by atoms with van der Waals surface area (Å²) >= 11 is 1.58. The van der Waals surface area contributed by atoms with E-state index in [-0.39, 0.29) is 11.9 Å². The van der Waals surface area contributed by atoms with Gasteiger partial charge in [-0.15, -0.1) is 11.8 Å². The van der Waals surface area contributed by atoms with Crippen molar-refractivity contribution in [1.82, 2.24) is 15.0 Å². The first kappa shape index (κ1) is 18.7. The summed E-state index contributed by atoms with van der Waals surface area (Å²) < 4.78 is 0. The van der Waals surface area contributed by atoms with E-state index in [1.165, 1.54) is 12.5 Å². The lowest BCUT2D eigenvalue weighted by Gasteiger charge is -2.08. The Kier molecular flexibility index (Phi) is 5.87. The number of nitrogens with zero attached hydrogens (tertiary/aromatic N) is 3. The number of hydrogen-bond donors (Lipinski definition) is 3. The fourth-order valence-corrected chi connectivity index (χ4v) is 3.06. The molecule has 27 heavy (non-hydrogen) atoms. The number of aryl methyl sites for hydroxylation is 1. The van der Waals surface area contributed by atoms with Gasteiger partial charge >= 0.3 is 0 Å². The molecule has 0 aliphatic carbocycles. The first-order valence-corrected chi connectivity index (χ1v) is 9.31. The Balaban J connectivity index is 1.65. The number of benzene rings is 2. The monoisotopic (exact) mass is 380 g/mol. The molecule has 0 fully saturated rings. The minimum Gasteiger partial charge on any atom is -0.368 e. The van der Waals surface area contributed by atoms with Gasteiger partial charge in [-0.25, -0.2) is 0 Å². The number of rotatable bonds is 6. The Bertz CT molecular complexity index is 928. The van der Waals surface area contributed by atoms with Crippen LogP contribution in [0, 0.1) is 6.92 Å². The number of amides is 1. The van der Waals surface area contributed by atoms with Crippen LogP contribution in [0.25, 0.3) is 0 Å². The van der Waals surface area contributed by atoms with Crippen LogP contribution >= 0.6 is 11.8 Å². The SMILES string of the molecule is CC(=O)Nc1ccc(SCc2nc(N)nc(Nc3ccc(C)cc3)n2)cc1. The van der Waals surface area contributed by atoms with Crippen molar-refractivity contribution >= 4 is 40.9 Å². The highest BCUT2D eigenvalue weighted by molar-refractivity contribution is 7.98. The molecule has 0 aliphatic heterocycles. The number of anilines is 4. The van der Waals surface area contributed by atoms with Crippen molar-refractivity contribution in [2.24, 2.45) is 0 Å². The van der Waals surface area contributed by atoms with Crippen LogP contribution in [-0.4, -0.2) is 20.9 Å². The van der Waals surface area contributed by atoms with Crippen LogP contribution in [-0.2, 0) is 10.5 Å². The number of nitrogens with one attached hydrogen (secondary N) is 2. The van der Waals surface area contributed by atoms with Crippen LogP contribution in [0.1, 0.15) is 18.3 Å². The molecule has 1 heterocycles.